The highest BCUT2D eigenvalue weighted by Gasteiger charge is 2.18. The second-order valence-corrected chi connectivity index (χ2v) is 6.80. The third-order valence-electron chi connectivity index (χ3n) is 2.26. The molecule has 1 rings (SSSR count). The van der Waals surface area contributed by atoms with Gasteiger partial charge in [-0.05, 0) is 38.5 Å². The third kappa shape index (κ3) is 6.32. The second-order valence-electron chi connectivity index (χ2n) is 5.18. The highest BCUT2D eigenvalue weighted by atomic mass is 35.5. The van der Waals surface area contributed by atoms with Gasteiger partial charge in [0.05, 0.1) is 5.75 Å². The van der Waals surface area contributed by atoms with Crippen molar-refractivity contribution >= 4 is 29.3 Å². The first-order chi connectivity index (χ1) is 8.81. The lowest BCUT2D eigenvalue weighted by Crippen LogP contribution is -2.25. The van der Waals surface area contributed by atoms with Crippen molar-refractivity contribution in [3.63, 3.8) is 0 Å². The van der Waals surface area contributed by atoms with Crippen LogP contribution in [0.2, 0.25) is 5.02 Å². The van der Waals surface area contributed by atoms with Crippen molar-refractivity contribution in [3.05, 3.63) is 34.9 Å². The standard InChI is InChI=1S/C14H20ClNO2S/c1-14(2,3)18-13(17)9-19-12(8-16)10-5-4-6-11(15)7-10/h4-7,12H,8-9,16H2,1-3H3. The largest absolute Gasteiger partial charge is 0.459 e. The van der Waals surface area contributed by atoms with Crippen LogP contribution in [0.1, 0.15) is 31.6 Å². The van der Waals surface area contributed by atoms with Gasteiger partial charge in [-0.3, -0.25) is 4.79 Å². The number of esters is 1. The van der Waals surface area contributed by atoms with E-state index in [0.29, 0.717) is 11.6 Å². The van der Waals surface area contributed by atoms with Gasteiger partial charge in [-0.25, -0.2) is 0 Å². The lowest BCUT2D eigenvalue weighted by Gasteiger charge is -2.20. The number of rotatable bonds is 5. The lowest BCUT2D eigenvalue weighted by atomic mass is 10.1. The topological polar surface area (TPSA) is 52.3 Å². The molecule has 0 aliphatic carbocycles. The van der Waals surface area contributed by atoms with Gasteiger partial charge in [0.1, 0.15) is 5.60 Å². The highest BCUT2D eigenvalue weighted by molar-refractivity contribution is 8.00. The number of ether oxygens (including phenoxy) is 1. The Labute approximate surface area is 123 Å². The van der Waals surface area contributed by atoms with Gasteiger partial charge in [0.15, 0.2) is 0 Å². The van der Waals surface area contributed by atoms with E-state index in [9.17, 15) is 4.79 Å². The van der Waals surface area contributed by atoms with Crippen molar-refractivity contribution in [2.45, 2.75) is 31.6 Å². The smallest absolute Gasteiger partial charge is 0.316 e. The molecule has 0 spiro atoms. The van der Waals surface area contributed by atoms with Crippen LogP contribution in [0.15, 0.2) is 24.3 Å². The number of hydrogen-bond donors (Lipinski definition) is 1. The molecule has 106 valence electrons. The van der Waals surface area contributed by atoms with Crippen molar-refractivity contribution in [1.29, 1.82) is 0 Å². The molecule has 0 radical (unpaired) electrons. The fourth-order valence-corrected chi connectivity index (χ4v) is 2.62. The van der Waals surface area contributed by atoms with Crippen LogP contribution in [0.5, 0.6) is 0 Å². The zero-order valence-corrected chi connectivity index (χ0v) is 13.1. The van der Waals surface area contributed by atoms with Gasteiger partial charge in [-0.2, -0.15) is 0 Å². The minimum atomic E-state index is -0.452. The van der Waals surface area contributed by atoms with Crippen LogP contribution in [-0.4, -0.2) is 23.9 Å². The van der Waals surface area contributed by atoms with Crippen LogP contribution in [0.3, 0.4) is 0 Å². The molecule has 0 aliphatic rings. The monoisotopic (exact) mass is 301 g/mol. The van der Waals surface area contributed by atoms with Gasteiger partial charge in [0.25, 0.3) is 0 Å². The van der Waals surface area contributed by atoms with E-state index in [1.165, 1.54) is 11.8 Å². The van der Waals surface area contributed by atoms with Crippen molar-refractivity contribution in [3.8, 4) is 0 Å². The van der Waals surface area contributed by atoms with E-state index >= 15 is 0 Å². The van der Waals surface area contributed by atoms with Crippen molar-refractivity contribution in [2.24, 2.45) is 5.73 Å². The van der Waals surface area contributed by atoms with E-state index < -0.39 is 5.60 Å². The molecule has 0 heterocycles. The van der Waals surface area contributed by atoms with E-state index in [0.717, 1.165) is 5.56 Å². The van der Waals surface area contributed by atoms with Gasteiger partial charge in [-0.15, -0.1) is 11.8 Å². The molecule has 1 aromatic carbocycles. The summed E-state index contributed by atoms with van der Waals surface area (Å²) in [4.78, 5) is 11.7. The lowest BCUT2D eigenvalue weighted by molar-refractivity contribution is -0.151. The summed E-state index contributed by atoms with van der Waals surface area (Å²) in [7, 11) is 0. The molecule has 0 aromatic heterocycles. The Bertz CT molecular complexity index is 432. The highest BCUT2D eigenvalue weighted by Crippen LogP contribution is 2.29. The molecule has 0 fully saturated rings. The Hall–Kier alpha value is -0.710. The van der Waals surface area contributed by atoms with Gasteiger partial charge >= 0.3 is 5.97 Å². The summed E-state index contributed by atoms with van der Waals surface area (Å²) in [6.45, 7) is 6.01. The van der Waals surface area contributed by atoms with E-state index in [1.54, 1.807) is 0 Å². The van der Waals surface area contributed by atoms with Gasteiger partial charge in [0.2, 0.25) is 0 Å². The first-order valence-corrected chi connectivity index (χ1v) is 7.53. The maximum atomic E-state index is 11.7. The van der Waals surface area contributed by atoms with E-state index in [1.807, 2.05) is 45.0 Å². The number of carbonyl (C=O) groups is 1. The van der Waals surface area contributed by atoms with Crippen LogP contribution in [0, 0.1) is 0 Å². The summed E-state index contributed by atoms with van der Waals surface area (Å²) in [5.74, 6) is 0.0593. The number of hydrogen-bond acceptors (Lipinski definition) is 4. The molecule has 5 heteroatoms. The molecule has 0 amide bonds. The number of halogens is 1. The summed E-state index contributed by atoms with van der Waals surface area (Å²) in [6.07, 6.45) is 0. The molecule has 2 N–H and O–H groups in total. The Kier molecular flexibility index (Phi) is 6.17. The van der Waals surface area contributed by atoms with Crippen molar-refractivity contribution < 1.29 is 9.53 Å². The predicted octanol–water partition coefficient (Wildman–Crippen LogP) is 3.41. The minimum Gasteiger partial charge on any atom is -0.459 e. The van der Waals surface area contributed by atoms with Gasteiger partial charge in [-0.1, -0.05) is 23.7 Å². The SMILES string of the molecule is CC(C)(C)OC(=O)CSC(CN)c1cccc(Cl)c1. The molecule has 1 unspecified atom stereocenters. The summed E-state index contributed by atoms with van der Waals surface area (Å²) in [6, 6.07) is 7.54. The first kappa shape index (κ1) is 16.3. The fourth-order valence-electron chi connectivity index (χ4n) is 1.55. The van der Waals surface area contributed by atoms with Crippen LogP contribution >= 0.6 is 23.4 Å². The van der Waals surface area contributed by atoms with E-state index in [2.05, 4.69) is 0 Å². The van der Waals surface area contributed by atoms with E-state index in [-0.39, 0.29) is 17.0 Å². The number of carbonyl (C=O) groups excluding carboxylic acids is 1. The maximum absolute atomic E-state index is 11.7. The molecular weight excluding hydrogens is 282 g/mol. The Morgan fingerprint density at radius 3 is 2.68 bits per heavy atom. The zero-order valence-electron chi connectivity index (χ0n) is 11.5. The zero-order chi connectivity index (χ0) is 14.5. The molecule has 0 saturated carbocycles. The average Bonchev–Trinajstić information content (AvgIpc) is 2.27. The normalized spacial score (nSPS) is 13.1. The minimum absolute atomic E-state index is 0.0474. The molecule has 1 aromatic rings. The van der Waals surface area contributed by atoms with Gasteiger partial charge < -0.3 is 10.5 Å². The van der Waals surface area contributed by atoms with Crippen LogP contribution in [-0.2, 0) is 9.53 Å². The van der Waals surface area contributed by atoms with Crippen LogP contribution < -0.4 is 5.73 Å². The Morgan fingerprint density at radius 1 is 1.47 bits per heavy atom. The number of benzene rings is 1. The summed E-state index contributed by atoms with van der Waals surface area (Å²) >= 11 is 7.43. The molecule has 0 saturated heterocycles. The fraction of sp³-hybridized carbons (Fsp3) is 0.500. The summed E-state index contributed by atoms with van der Waals surface area (Å²) in [5.41, 5.74) is 6.33. The van der Waals surface area contributed by atoms with Crippen LogP contribution in [0.4, 0.5) is 0 Å². The summed E-state index contributed by atoms with van der Waals surface area (Å²) < 4.78 is 5.27. The molecular formula is C14H20ClNO2S. The Morgan fingerprint density at radius 2 is 2.16 bits per heavy atom. The van der Waals surface area contributed by atoms with Gasteiger partial charge in [0, 0.05) is 16.8 Å². The maximum Gasteiger partial charge on any atom is 0.316 e. The Balaban J connectivity index is 2.56. The average molecular weight is 302 g/mol. The molecule has 1 atom stereocenters. The molecule has 0 aliphatic heterocycles. The number of nitrogens with two attached hydrogens (primary N) is 1. The molecule has 3 nitrogen and oxygen atoms in total. The van der Waals surface area contributed by atoms with Crippen LogP contribution in [0.25, 0.3) is 0 Å². The third-order valence-corrected chi connectivity index (χ3v) is 3.76. The first-order valence-electron chi connectivity index (χ1n) is 6.11. The van der Waals surface area contributed by atoms with Crippen molar-refractivity contribution in [2.75, 3.05) is 12.3 Å². The van der Waals surface area contributed by atoms with E-state index in [4.69, 9.17) is 22.1 Å². The quantitative estimate of drug-likeness (QED) is 0.847. The second kappa shape index (κ2) is 7.17. The predicted molar refractivity (Wildman–Crippen MR) is 81.6 cm³/mol. The molecule has 0 bridgehead atoms. The van der Waals surface area contributed by atoms with Crippen molar-refractivity contribution in [1.82, 2.24) is 0 Å². The summed E-state index contributed by atoms with van der Waals surface area (Å²) in [5, 5.41) is 0.722. The molecule has 19 heavy (non-hydrogen) atoms. The number of thioether (sulfide) groups is 1.